The Bertz CT molecular complexity index is 472. The van der Waals surface area contributed by atoms with Crippen molar-refractivity contribution in [3.63, 3.8) is 0 Å². The van der Waals surface area contributed by atoms with E-state index in [2.05, 4.69) is 45.4 Å². The molecule has 4 nitrogen and oxygen atoms in total. The van der Waals surface area contributed by atoms with E-state index in [-0.39, 0.29) is 24.8 Å². The topological polar surface area (TPSA) is 35.6 Å². The highest BCUT2D eigenvalue weighted by molar-refractivity contribution is 5.85. The van der Waals surface area contributed by atoms with Crippen LogP contribution in [-0.4, -0.2) is 55.0 Å². The van der Waals surface area contributed by atoms with Crippen molar-refractivity contribution >= 4 is 30.7 Å². The molecule has 0 saturated carbocycles. The van der Waals surface area contributed by atoms with Crippen LogP contribution in [0.1, 0.15) is 24.8 Å². The zero-order chi connectivity index (χ0) is 15.2. The molecule has 136 valence electrons. The van der Waals surface area contributed by atoms with Gasteiger partial charge in [0.05, 0.1) is 0 Å². The first kappa shape index (κ1) is 21.2. The van der Waals surface area contributed by atoms with Gasteiger partial charge >= 0.3 is 0 Å². The third kappa shape index (κ3) is 6.25. The number of piperazine rings is 1. The first-order valence-corrected chi connectivity index (χ1v) is 8.56. The summed E-state index contributed by atoms with van der Waals surface area (Å²) in [6.07, 6.45) is 3.06. The van der Waals surface area contributed by atoms with Crippen LogP contribution in [0.5, 0.6) is 0 Å². The summed E-state index contributed by atoms with van der Waals surface area (Å²) in [6.45, 7) is 6.90. The van der Waals surface area contributed by atoms with Crippen molar-refractivity contribution in [2.75, 3.05) is 39.3 Å². The Morgan fingerprint density at radius 1 is 1.00 bits per heavy atom. The number of piperidine rings is 1. The number of halogens is 2. The quantitative estimate of drug-likeness (QED) is 0.880. The van der Waals surface area contributed by atoms with Gasteiger partial charge in [-0.25, -0.2) is 0 Å². The van der Waals surface area contributed by atoms with Crippen LogP contribution in [0.2, 0.25) is 0 Å². The van der Waals surface area contributed by atoms with Gasteiger partial charge in [-0.15, -0.1) is 24.8 Å². The van der Waals surface area contributed by atoms with Gasteiger partial charge in [0.2, 0.25) is 5.91 Å². The van der Waals surface area contributed by atoms with Crippen LogP contribution >= 0.6 is 24.8 Å². The van der Waals surface area contributed by atoms with Gasteiger partial charge in [0.25, 0.3) is 0 Å². The lowest BCUT2D eigenvalue weighted by atomic mass is 9.94. The van der Waals surface area contributed by atoms with Crippen LogP contribution in [0.15, 0.2) is 30.3 Å². The number of nitrogens with zero attached hydrogens (tertiary/aromatic N) is 2. The molecule has 2 fully saturated rings. The monoisotopic (exact) mass is 373 g/mol. The molecule has 2 saturated heterocycles. The summed E-state index contributed by atoms with van der Waals surface area (Å²) in [6, 6.07) is 10.6. The number of rotatable bonds is 4. The Kier molecular flexibility index (Phi) is 9.67. The largest absolute Gasteiger partial charge is 0.340 e. The maximum absolute atomic E-state index is 12.4. The fourth-order valence-corrected chi connectivity index (χ4v) is 3.46. The van der Waals surface area contributed by atoms with E-state index in [1.807, 2.05) is 0 Å². The van der Waals surface area contributed by atoms with Crippen molar-refractivity contribution in [3.05, 3.63) is 35.9 Å². The van der Waals surface area contributed by atoms with Crippen LogP contribution in [0.3, 0.4) is 0 Å². The highest BCUT2D eigenvalue weighted by atomic mass is 35.5. The molecule has 1 aromatic rings. The minimum absolute atomic E-state index is 0. The molecule has 3 rings (SSSR count). The minimum Gasteiger partial charge on any atom is -0.340 e. The second-order valence-corrected chi connectivity index (χ2v) is 6.54. The Morgan fingerprint density at radius 2 is 1.62 bits per heavy atom. The molecule has 2 heterocycles. The standard InChI is InChI=1S/C18H27N3O.2ClH/c22-18(14-16-6-8-19-9-7-16)21-12-10-20(11-13-21)15-17-4-2-1-3-5-17;;/h1-5,16,19H,6-15H2;2*1H. The SMILES string of the molecule is Cl.Cl.O=C(CC1CCNCC1)N1CCN(Cc2ccccc2)CC1. The normalized spacial score (nSPS) is 19.2. The molecule has 0 aromatic heterocycles. The molecule has 2 aliphatic rings. The smallest absolute Gasteiger partial charge is 0.222 e. The first-order chi connectivity index (χ1) is 10.8. The van der Waals surface area contributed by atoms with Gasteiger partial charge in [0.1, 0.15) is 0 Å². The number of carbonyl (C=O) groups is 1. The van der Waals surface area contributed by atoms with Crippen molar-refractivity contribution in [1.29, 1.82) is 0 Å². The van der Waals surface area contributed by atoms with Gasteiger partial charge in [-0.05, 0) is 37.4 Å². The summed E-state index contributed by atoms with van der Waals surface area (Å²) in [7, 11) is 0. The molecule has 0 atom stereocenters. The average molecular weight is 374 g/mol. The van der Waals surface area contributed by atoms with Gasteiger partial charge in [0, 0.05) is 39.1 Å². The van der Waals surface area contributed by atoms with Crippen molar-refractivity contribution < 1.29 is 4.79 Å². The third-order valence-electron chi connectivity index (χ3n) is 4.90. The molecular formula is C18H29Cl2N3O. The van der Waals surface area contributed by atoms with E-state index in [0.29, 0.717) is 11.8 Å². The highest BCUT2D eigenvalue weighted by Crippen LogP contribution is 2.18. The van der Waals surface area contributed by atoms with E-state index >= 15 is 0 Å². The molecule has 0 spiro atoms. The number of nitrogens with one attached hydrogen (secondary N) is 1. The molecule has 1 amide bonds. The van der Waals surface area contributed by atoms with Gasteiger partial charge < -0.3 is 10.2 Å². The van der Waals surface area contributed by atoms with Crippen molar-refractivity contribution in [3.8, 4) is 0 Å². The second kappa shape index (κ2) is 10.9. The molecule has 6 heteroatoms. The molecule has 2 aliphatic heterocycles. The van der Waals surface area contributed by atoms with Crippen molar-refractivity contribution in [2.45, 2.75) is 25.8 Å². The van der Waals surface area contributed by atoms with E-state index in [4.69, 9.17) is 0 Å². The minimum atomic E-state index is 0. The Hall–Kier alpha value is -0.810. The van der Waals surface area contributed by atoms with E-state index in [9.17, 15) is 4.79 Å². The third-order valence-corrected chi connectivity index (χ3v) is 4.90. The number of hydrogen-bond acceptors (Lipinski definition) is 3. The van der Waals surface area contributed by atoms with Crippen LogP contribution in [0, 0.1) is 5.92 Å². The molecular weight excluding hydrogens is 345 g/mol. The molecule has 0 bridgehead atoms. The zero-order valence-corrected chi connectivity index (χ0v) is 15.8. The van der Waals surface area contributed by atoms with E-state index in [1.54, 1.807) is 0 Å². The van der Waals surface area contributed by atoms with Gasteiger partial charge in [0.15, 0.2) is 0 Å². The highest BCUT2D eigenvalue weighted by Gasteiger charge is 2.24. The summed E-state index contributed by atoms with van der Waals surface area (Å²) in [5.74, 6) is 0.961. The molecule has 0 aliphatic carbocycles. The number of amides is 1. The fraction of sp³-hybridized carbons (Fsp3) is 0.611. The Balaban J connectivity index is 0.00000144. The molecule has 0 unspecified atom stereocenters. The predicted molar refractivity (Wildman–Crippen MR) is 103 cm³/mol. The van der Waals surface area contributed by atoms with Gasteiger partial charge in [-0.1, -0.05) is 30.3 Å². The summed E-state index contributed by atoms with van der Waals surface area (Å²) >= 11 is 0. The first-order valence-electron chi connectivity index (χ1n) is 8.56. The zero-order valence-electron chi connectivity index (χ0n) is 14.2. The number of benzene rings is 1. The molecule has 1 aromatic carbocycles. The predicted octanol–water partition coefficient (Wildman–Crippen LogP) is 2.56. The average Bonchev–Trinajstić information content (AvgIpc) is 2.57. The van der Waals surface area contributed by atoms with Crippen LogP contribution in [0.4, 0.5) is 0 Å². The molecule has 0 radical (unpaired) electrons. The lowest BCUT2D eigenvalue weighted by molar-refractivity contribution is -0.134. The summed E-state index contributed by atoms with van der Waals surface area (Å²) in [5, 5.41) is 3.36. The van der Waals surface area contributed by atoms with Gasteiger partial charge in [-0.2, -0.15) is 0 Å². The lowest BCUT2D eigenvalue weighted by Crippen LogP contribution is -2.48. The Morgan fingerprint density at radius 3 is 2.25 bits per heavy atom. The molecule has 1 N–H and O–H groups in total. The van der Waals surface area contributed by atoms with Gasteiger partial charge in [-0.3, -0.25) is 9.69 Å². The lowest BCUT2D eigenvalue weighted by Gasteiger charge is -2.35. The maximum atomic E-state index is 12.4. The van der Waals surface area contributed by atoms with E-state index in [1.165, 1.54) is 5.56 Å². The maximum Gasteiger partial charge on any atom is 0.222 e. The summed E-state index contributed by atoms with van der Waals surface area (Å²) in [4.78, 5) is 16.9. The number of carbonyl (C=O) groups excluding carboxylic acids is 1. The van der Waals surface area contributed by atoms with E-state index in [0.717, 1.165) is 65.1 Å². The Labute approximate surface area is 157 Å². The van der Waals surface area contributed by atoms with Crippen LogP contribution in [-0.2, 0) is 11.3 Å². The summed E-state index contributed by atoms with van der Waals surface area (Å²) < 4.78 is 0. The van der Waals surface area contributed by atoms with Crippen molar-refractivity contribution in [1.82, 2.24) is 15.1 Å². The molecule has 24 heavy (non-hydrogen) atoms. The fourth-order valence-electron chi connectivity index (χ4n) is 3.46. The summed E-state index contributed by atoms with van der Waals surface area (Å²) in [5.41, 5.74) is 1.36. The number of hydrogen-bond donors (Lipinski definition) is 1. The van der Waals surface area contributed by atoms with Crippen molar-refractivity contribution in [2.24, 2.45) is 5.92 Å². The van der Waals surface area contributed by atoms with Crippen LogP contribution in [0.25, 0.3) is 0 Å². The second-order valence-electron chi connectivity index (χ2n) is 6.54. The van der Waals surface area contributed by atoms with Crippen LogP contribution < -0.4 is 5.32 Å². The van der Waals surface area contributed by atoms with E-state index < -0.39 is 0 Å².